The summed E-state index contributed by atoms with van der Waals surface area (Å²) in [4.78, 5) is 5.76. The van der Waals surface area contributed by atoms with Crippen molar-refractivity contribution < 1.29 is 4.84 Å². The Balaban J connectivity index is 1.42. The highest BCUT2D eigenvalue weighted by Gasteiger charge is 2.31. The van der Waals surface area contributed by atoms with Crippen molar-refractivity contribution in [3.05, 3.63) is 35.4 Å². The van der Waals surface area contributed by atoms with E-state index in [1.165, 1.54) is 49.7 Å². The van der Waals surface area contributed by atoms with Gasteiger partial charge in [-0.25, -0.2) is 0 Å². The number of hydrogen-bond donors (Lipinski definition) is 1. The summed E-state index contributed by atoms with van der Waals surface area (Å²) in [5.74, 6) is 0.731. The monoisotopic (exact) mass is 245 g/mol. The lowest BCUT2D eigenvalue weighted by molar-refractivity contribution is -0.0575. The van der Waals surface area contributed by atoms with Crippen molar-refractivity contribution in [3.8, 4) is 0 Å². The number of hydrogen-bond acceptors (Lipinski definition) is 2. The van der Waals surface area contributed by atoms with E-state index in [-0.39, 0.29) is 0 Å². The van der Waals surface area contributed by atoms with Crippen LogP contribution in [0.25, 0.3) is 0 Å². The molecule has 0 aromatic heterocycles. The van der Waals surface area contributed by atoms with Gasteiger partial charge < -0.3 is 0 Å². The summed E-state index contributed by atoms with van der Waals surface area (Å²) in [5, 5.41) is 0. The molecular formula is C16H23NO. The fourth-order valence-electron chi connectivity index (χ4n) is 3.11. The van der Waals surface area contributed by atoms with Crippen molar-refractivity contribution in [1.29, 1.82) is 0 Å². The molecule has 1 N–H and O–H groups in total. The Kier molecular flexibility index (Phi) is 3.67. The van der Waals surface area contributed by atoms with Gasteiger partial charge in [0.15, 0.2) is 0 Å². The van der Waals surface area contributed by atoms with Crippen LogP contribution in [0.1, 0.15) is 55.6 Å². The smallest absolute Gasteiger partial charge is 0.0790 e. The van der Waals surface area contributed by atoms with E-state index in [2.05, 4.69) is 36.7 Å². The number of hydroxylamine groups is 1. The van der Waals surface area contributed by atoms with Gasteiger partial charge in [0.25, 0.3) is 0 Å². The maximum absolute atomic E-state index is 5.76. The van der Waals surface area contributed by atoms with Crippen LogP contribution in [0.4, 0.5) is 0 Å². The van der Waals surface area contributed by atoms with Crippen LogP contribution < -0.4 is 5.48 Å². The minimum absolute atomic E-state index is 0.475. The lowest BCUT2D eigenvalue weighted by atomic mass is 9.76. The van der Waals surface area contributed by atoms with E-state index in [9.17, 15) is 0 Å². The number of nitrogens with one attached hydrogen (secondary N) is 1. The molecule has 0 amide bonds. The molecule has 0 radical (unpaired) electrons. The van der Waals surface area contributed by atoms with Crippen molar-refractivity contribution in [2.24, 2.45) is 0 Å². The first-order valence-electron chi connectivity index (χ1n) is 7.29. The molecule has 0 saturated heterocycles. The van der Waals surface area contributed by atoms with Gasteiger partial charge in [0.1, 0.15) is 0 Å². The average Bonchev–Trinajstić information content (AvgIpc) is 2.80. The molecule has 0 unspecified atom stereocenters. The van der Waals surface area contributed by atoms with E-state index in [1.54, 1.807) is 0 Å². The normalized spacial score (nSPS) is 28.3. The summed E-state index contributed by atoms with van der Waals surface area (Å²) in [6.07, 6.45) is 8.06. The molecule has 1 aromatic carbocycles. The largest absolute Gasteiger partial charge is 0.298 e. The van der Waals surface area contributed by atoms with Crippen LogP contribution in [0.2, 0.25) is 0 Å². The first-order valence-corrected chi connectivity index (χ1v) is 7.29. The Labute approximate surface area is 110 Å². The zero-order valence-electron chi connectivity index (χ0n) is 11.2. The molecule has 18 heavy (non-hydrogen) atoms. The quantitative estimate of drug-likeness (QED) is 0.817. The van der Waals surface area contributed by atoms with Crippen molar-refractivity contribution in [1.82, 2.24) is 5.48 Å². The molecule has 0 heterocycles. The summed E-state index contributed by atoms with van der Waals surface area (Å²) >= 11 is 0. The summed E-state index contributed by atoms with van der Waals surface area (Å²) in [6.45, 7) is 2.17. The second-order valence-corrected chi connectivity index (χ2v) is 5.92. The number of rotatable bonds is 4. The van der Waals surface area contributed by atoms with Gasteiger partial charge in [-0.1, -0.05) is 42.7 Å². The van der Waals surface area contributed by atoms with Gasteiger partial charge in [0, 0.05) is 6.04 Å². The Hall–Kier alpha value is -0.860. The third kappa shape index (κ3) is 2.76. The maximum Gasteiger partial charge on any atom is 0.0790 e. The molecule has 2 saturated carbocycles. The standard InChI is InChI=1S/C16H23NO/c1-12-5-4-6-13(9-12)14-10-15(11-14)17-18-16-7-2-3-8-16/h4-6,9,14-17H,2-3,7-8,10-11H2,1H3. The summed E-state index contributed by atoms with van der Waals surface area (Å²) < 4.78 is 0. The Bertz CT molecular complexity index is 392. The van der Waals surface area contributed by atoms with E-state index in [1.807, 2.05) is 0 Å². The minimum Gasteiger partial charge on any atom is -0.298 e. The molecule has 2 heteroatoms. The highest BCUT2D eigenvalue weighted by Crippen LogP contribution is 2.37. The van der Waals surface area contributed by atoms with E-state index >= 15 is 0 Å². The topological polar surface area (TPSA) is 21.3 Å². The van der Waals surface area contributed by atoms with Crippen molar-refractivity contribution >= 4 is 0 Å². The van der Waals surface area contributed by atoms with E-state index < -0.39 is 0 Å². The fourth-order valence-corrected chi connectivity index (χ4v) is 3.11. The second kappa shape index (κ2) is 5.41. The van der Waals surface area contributed by atoms with E-state index in [0.29, 0.717) is 12.1 Å². The second-order valence-electron chi connectivity index (χ2n) is 5.92. The molecule has 0 atom stereocenters. The summed E-state index contributed by atoms with van der Waals surface area (Å²) in [6, 6.07) is 9.47. The maximum atomic E-state index is 5.76. The SMILES string of the molecule is Cc1cccc(C2CC(NOC3CCCC3)C2)c1. The van der Waals surface area contributed by atoms with Gasteiger partial charge in [-0.15, -0.1) is 0 Å². The zero-order valence-corrected chi connectivity index (χ0v) is 11.2. The average molecular weight is 245 g/mol. The molecule has 98 valence electrons. The highest BCUT2D eigenvalue weighted by molar-refractivity contribution is 5.27. The van der Waals surface area contributed by atoms with E-state index in [4.69, 9.17) is 4.84 Å². The van der Waals surface area contributed by atoms with Gasteiger partial charge >= 0.3 is 0 Å². The molecule has 0 aliphatic heterocycles. The first kappa shape index (κ1) is 12.2. The molecule has 0 bridgehead atoms. The number of aryl methyl sites for hydroxylation is 1. The van der Waals surface area contributed by atoms with Crippen LogP contribution in [0.15, 0.2) is 24.3 Å². The van der Waals surface area contributed by atoms with Crippen LogP contribution in [0, 0.1) is 6.92 Å². The lowest BCUT2D eigenvalue weighted by Gasteiger charge is -2.36. The predicted molar refractivity (Wildman–Crippen MR) is 73.4 cm³/mol. The van der Waals surface area contributed by atoms with Gasteiger partial charge in [0.05, 0.1) is 6.10 Å². The van der Waals surface area contributed by atoms with Gasteiger partial charge in [0.2, 0.25) is 0 Å². The molecule has 2 nitrogen and oxygen atoms in total. The molecule has 2 fully saturated rings. The van der Waals surface area contributed by atoms with Gasteiger partial charge in [-0.05, 0) is 44.1 Å². The zero-order chi connectivity index (χ0) is 12.4. The number of benzene rings is 1. The molecule has 3 rings (SSSR count). The Morgan fingerprint density at radius 3 is 2.67 bits per heavy atom. The molecule has 2 aliphatic rings. The van der Waals surface area contributed by atoms with Crippen LogP contribution in [0.3, 0.4) is 0 Å². The van der Waals surface area contributed by atoms with Crippen LogP contribution in [-0.4, -0.2) is 12.1 Å². The third-order valence-corrected chi connectivity index (χ3v) is 4.36. The van der Waals surface area contributed by atoms with Crippen LogP contribution in [0.5, 0.6) is 0 Å². The van der Waals surface area contributed by atoms with E-state index in [0.717, 1.165) is 5.92 Å². The Morgan fingerprint density at radius 1 is 1.17 bits per heavy atom. The van der Waals surface area contributed by atoms with Crippen molar-refractivity contribution in [2.45, 2.75) is 63.5 Å². The molecular weight excluding hydrogens is 222 g/mol. The van der Waals surface area contributed by atoms with Crippen LogP contribution in [-0.2, 0) is 4.84 Å². The minimum atomic E-state index is 0.475. The van der Waals surface area contributed by atoms with Gasteiger partial charge in [-0.3, -0.25) is 4.84 Å². The lowest BCUT2D eigenvalue weighted by Crippen LogP contribution is -2.41. The van der Waals surface area contributed by atoms with Crippen LogP contribution >= 0.6 is 0 Å². The Morgan fingerprint density at radius 2 is 1.94 bits per heavy atom. The highest BCUT2D eigenvalue weighted by atomic mass is 16.7. The third-order valence-electron chi connectivity index (χ3n) is 4.36. The van der Waals surface area contributed by atoms with Crippen molar-refractivity contribution in [3.63, 3.8) is 0 Å². The first-order chi connectivity index (χ1) is 8.81. The molecule has 2 aliphatic carbocycles. The summed E-state index contributed by atoms with van der Waals surface area (Å²) in [7, 11) is 0. The van der Waals surface area contributed by atoms with Gasteiger partial charge in [-0.2, -0.15) is 5.48 Å². The predicted octanol–water partition coefficient (Wildman–Crippen LogP) is 3.70. The fraction of sp³-hybridized carbons (Fsp3) is 0.625. The molecule has 1 aromatic rings. The summed E-state index contributed by atoms with van der Waals surface area (Å²) in [5.41, 5.74) is 6.14. The molecule has 0 spiro atoms. The van der Waals surface area contributed by atoms with Crippen molar-refractivity contribution in [2.75, 3.05) is 0 Å².